The topological polar surface area (TPSA) is 26.8 Å². The number of amides is 1. The van der Waals surface area contributed by atoms with E-state index < -0.39 is 0 Å². The molecule has 0 bridgehead atoms. The molecule has 120 valence electrons. The van der Waals surface area contributed by atoms with Gasteiger partial charge in [-0.1, -0.05) is 6.08 Å². The first-order chi connectivity index (χ1) is 9.98. The molecule has 0 aliphatic carbocycles. The van der Waals surface area contributed by atoms with Crippen LogP contribution in [0.3, 0.4) is 0 Å². The van der Waals surface area contributed by atoms with Crippen LogP contribution < -0.4 is 0 Å². The molecule has 1 unspecified atom stereocenters. The Morgan fingerprint density at radius 1 is 1.29 bits per heavy atom. The number of piperidine rings is 1. The second-order valence-electron chi connectivity index (χ2n) is 6.47. The van der Waals surface area contributed by atoms with Crippen LogP contribution >= 0.6 is 11.8 Å². The zero-order valence-electron chi connectivity index (χ0n) is 13.7. The third-order valence-corrected chi connectivity index (χ3v) is 6.17. The Balaban J connectivity index is 1.99. The van der Waals surface area contributed by atoms with Crippen LogP contribution in [0.1, 0.15) is 19.8 Å². The van der Waals surface area contributed by atoms with Crippen molar-refractivity contribution in [1.82, 2.24) is 14.7 Å². The van der Waals surface area contributed by atoms with Gasteiger partial charge in [0.05, 0.1) is 5.25 Å². The SMILES string of the molecule is C=CCSC(C)C(=O)N1CCN(C)C2(CCN(C)CC2)C1. The van der Waals surface area contributed by atoms with Crippen molar-refractivity contribution < 1.29 is 4.79 Å². The van der Waals surface area contributed by atoms with E-state index in [0.717, 1.165) is 51.3 Å². The maximum atomic E-state index is 12.6. The molecule has 2 fully saturated rings. The molecule has 0 aromatic carbocycles. The van der Waals surface area contributed by atoms with Gasteiger partial charge in [-0.2, -0.15) is 0 Å². The lowest BCUT2D eigenvalue weighted by molar-refractivity contribution is -0.137. The Morgan fingerprint density at radius 2 is 1.95 bits per heavy atom. The van der Waals surface area contributed by atoms with Crippen molar-refractivity contribution >= 4 is 17.7 Å². The summed E-state index contributed by atoms with van der Waals surface area (Å²) in [6.45, 7) is 10.8. The number of likely N-dealkylation sites (tertiary alicyclic amines) is 1. The molecule has 0 saturated carbocycles. The fraction of sp³-hybridized carbons (Fsp3) is 0.812. The number of carbonyl (C=O) groups excluding carboxylic acids is 1. The van der Waals surface area contributed by atoms with Gasteiger partial charge in [0.15, 0.2) is 0 Å². The maximum absolute atomic E-state index is 12.6. The number of rotatable bonds is 4. The second-order valence-corrected chi connectivity index (χ2v) is 7.85. The first kappa shape index (κ1) is 16.8. The number of carbonyl (C=O) groups is 1. The van der Waals surface area contributed by atoms with E-state index in [1.807, 2.05) is 13.0 Å². The van der Waals surface area contributed by atoms with Crippen molar-refractivity contribution in [2.24, 2.45) is 0 Å². The molecule has 0 aromatic heterocycles. The second kappa shape index (κ2) is 7.16. The molecule has 0 radical (unpaired) electrons. The highest BCUT2D eigenvalue weighted by Crippen LogP contribution is 2.32. The van der Waals surface area contributed by atoms with Gasteiger partial charge in [0.1, 0.15) is 0 Å². The Bertz CT molecular complexity index is 380. The molecular formula is C16H29N3OS. The number of nitrogens with zero attached hydrogens (tertiary/aromatic N) is 3. The highest BCUT2D eigenvalue weighted by atomic mass is 32.2. The quantitative estimate of drug-likeness (QED) is 0.736. The lowest BCUT2D eigenvalue weighted by Crippen LogP contribution is -2.65. The average Bonchev–Trinajstić information content (AvgIpc) is 2.49. The Hall–Kier alpha value is -0.520. The van der Waals surface area contributed by atoms with Crippen LogP contribution in [0.2, 0.25) is 0 Å². The number of hydrogen-bond donors (Lipinski definition) is 0. The molecule has 1 amide bonds. The van der Waals surface area contributed by atoms with E-state index >= 15 is 0 Å². The fourth-order valence-corrected chi connectivity index (χ4v) is 4.08. The predicted molar refractivity (Wildman–Crippen MR) is 90.8 cm³/mol. The van der Waals surface area contributed by atoms with Gasteiger partial charge in [-0.25, -0.2) is 0 Å². The highest BCUT2D eigenvalue weighted by Gasteiger charge is 2.43. The van der Waals surface area contributed by atoms with Gasteiger partial charge in [0.25, 0.3) is 0 Å². The summed E-state index contributed by atoms with van der Waals surface area (Å²) in [5.74, 6) is 1.14. The number of hydrogen-bond acceptors (Lipinski definition) is 4. The third-order valence-electron chi connectivity index (χ3n) is 5.04. The van der Waals surface area contributed by atoms with E-state index in [2.05, 4.69) is 35.4 Å². The Labute approximate surface area is 133 Å². The van der Waals surface area contributed by atoms with E-state index in [1.165, 1.54) is 0 Å². The van der Waals surface area contributed by atoms with Gasteiger partial charge < -0.3 is 9.80 Å². The molecule has 4 nitrogen and oxygen atoms in total. The van der Waals surface area contributed by atoms with Crippen LogP contribution in [0, 0.1) is 0 Å². The molecule has 2 aliphatic rings. The van der Waals surface area contributed by atoms with E-state index in [-0.39, 0.29) is 10.8 Å². The molecular weight excluding hydrogens is 282 g/mol. The molecule has 21 heavy (non-hydrogen) atoms. The Morgan fingerprint density at radius 3 is 2.57 bits per heavy atom. The fourth-order valence-electron chi connectivity index (χ4n) is 3.37. The summed E-state index contributed by atoms with van der Waals surface area (Å²) in [6, 6.07) is 0. The number of piperazine rings is 1. The van der Waals surface area contributed by atoms with Gasteiger partial charge in [-0.3, -0.25) is 9.69 Å². The minimum absolute atomic E-state index is 0.0368. The molecule has 5 heteroatoms. The zero-order chi connectivity index (χ0) is 15.5. The van der Waals surface area contributed by atoms with Gasteiger partial charge in [-0.15, -0.1) is 18.3 Å². The minimum Gasteiger partial charge on any atom is -0.339 e. The van der Waals surface area contributed by atoms with Crippen molar-refractivity contribution in [3.63, 3.8) is 0 Å². The summed E-state index contributed by atoms with van der Waals surface area (Å²) in [6.07, 6.45) is 4.20. The minimum atomic E-state index is 0.0368. The highest BCUT2D eigenvalue weighted by molar-refractivity contribution is 8.00. The molecule has 2 aliphatic heterocycles. The van der Waals surface area contributed by atoms with Gasteiger partial charge in [-0.05, 0) is 47.0 Å². The first-order valence-corrected chi connectivity index (χ1v) is 8.94. The summed E-state index contributed by atoms with van der Waals surface area (Å²) in [5, 5.41) is 0.0368. The lowest BCUT2D eigenvalue weighted by atomic mass is 9.84. The molecule has 2 saturated heterocycles. The van der Waals surface area contributed by atoms with Crippen LogP contribution in [0.25, 0.3) is 0 Å². The standard InChI is InChI=1S/C16H29N3OS/c1-5-12-21-14(2)15(20)19-11-10-18(4)16(13-19)6-8-17(3)9-7-16/h5,14H,1,6-13H2,2-4H3. The van der Waals surface area contributed by atoms with Gasteiger partial charge in [0, 0.05) is 30.9 Å². The van der Waals surface area contributed by atoms with Crippen LogP contribution in [-0.4, -0.2) is 84.0 Å². The van der Waals surface area contributed by atoms with Crippen LogP contribution in [0.5, 0.6) is 0 Å². The summed E-state index contributed by atoms with van der Waals surface area (Å²) in [7, 11) is 4.41. The van der Waals surface area contributed by atoms with Crippen molar-refractivity contribution in [3.05, 3.63) is 12.7 Å². The van der Waals surface area contributed by atoms with Crippen LogP contribution in [0.4, 0.5) is 0 Å². The van der Waals surface area contributed by atoms with Crippen LogP contribution in [-0.2, 0) is 4.79 Å². The summed E-state index contributed by atoms with van der Waals surface area (Å²) in [4.78, 5) is 19.6. The molecule has 1 spiro atoms. The lowest BCUT2D eigenvalue weighted by Gasteiger charge is -2.53. The average molecular weight is 311 g/mol. The third kappa shape index (κ3) is 3.82. The van der Waals surface area contributed by atoms with Crippen molar-refractivity contribution in [3.8, 4) is 0 Å². The molecule has 0 N–H and O–H groups in total. The first-order valence-electron chi connectivity index (χ1n) is 7.89. The predicted octanol–water partition coefficient (Wildman–Crippen LogP) is 1.53. The van der Waals surface area contributed by atoms with E-state index in [0.29, 0.717) is 5.91 Å². The maximum Gasteiger partial charge on any atom is 0.235 e. The normalized spacial score (nSPS) is 25.0. The van der Waals surface area contributed by atoms with E-state index in [1.54, 1.807) is 11.8 Å². The smallest absolute Gasteiger partial charge is 0.235 e. The molecule has 2 rings (SSSR count). The summed E-state index contributed by atoms with van der Waals surface area (Å²) in [5.41, 5.74) is 0.198. The van der Waals surface area contributed by atoms with Crippen molar-refractivity contribution in [2.45, 2.75) is 30.6 Å². The van der Waals surface area contributed by atoms with E-state index in [9.17, 15) is 4.79 Å². The summed E-state index contributed by atoms with van der Waals surface area (Å²) < 4.78 is 0. The monoisotopic (exact) mass is 311 g/mol. The van der Waals surface area contributed by atoms with Gasteiger partial charge in [0.2, 0.25) is 5.91 Å². The number of likely N-dealkylation sites (N-methyl/N-ethyl adjacent to an activating group) is 1. The molecule has 1 atom stereocenters. The van der Waals surface area contributed by atoms with Gasteiger partial charge >= 0.3 is 0 Å². The van der Waals surface area contributed by atoms with Crippen molar-refractivity contribution in [2.75, 3.05) is 52.6 Å². The largest absolute Gasteiger partial charge is 0.339 e. The molecule has 2 heterocycles. The zero-order valence-corrected chi connectivity index (χ0v) is 14.5. The van der Waals surface area contributed by atoms with E-state index in [4.69, 9.17) is 0 Å². The molecule has 0 aromatic rings. The number of thioether (sulfide) groups is 1. The Kier molecular flexibility index (Phi) is 5.74. The van der Waals surface area contributed by atoms with Crippen molar-refractivity contribution in [1.29, 1.82) is 0 Å². The summed E-state index contributed by atoms with van der Waals surface area (Å²) >= 11 is 1.68. The van der Waals surface area contributed by atoms with Crippen LogP contribution in [0.15, 0.2) is 12.7 Å².